The van der Waals surface area contributed by atoms with Crippen LogP contribution in [0.15, 0.2) is 78.9 Å². The van der Waals surface area contributed by atoms with Crippen molar-refractivity contribution >= 4 is 23.5 Å². The van der Waals surface area contributed by atoms with Crippen molar-refractivity contribution in [2.24, 2.45) is 11.8 Å². The summed E-state index contributed by atoms with van der Waals surface area (Å²) in [6, 6.07) is 14.3. The molecule has 0 aromatic heterocycles. The van der Waals surface area contributed by atoms with E-state index in [1.807, 2.05) is 48.6 Å². The summed E-state index contributed by atoms with van der Waals surface area (Å²) in [4.78, 5) is 45.9. The smallest absolute Gasteiger partial charge is 0.313 e. The zero-order chi connectivity index (χ0) is 28.8. The van der Waals surface area contributed by atoms with Crippen molar-refractivity contribution in [3.8, 4) is 5.75 Å². The third kappa shape index (κ3) is 4.26. The number of anilines is 1. The van der Waals surface area contributed by atoms with Crippen LogP contribution >= 0.6 is 0 Å². The van der Waals surface area contributed by atoms with Gasteiger partial charge in [0.15, 0.2) is 0 Å². The molecule has 6 rings (SSSR count). The standard InChI is InChI=1S/C32H34N2O7/c1-31-16-7-4-8-19-40-30(38)26(31)25-28(36)34(24(20-35)21-10-5-3-6-11-21)27-29(37)33(18-9-17-32(25,27)41-31)22-12-14-23(39-2)15-13-22/h3,5-7,9-17,24-27,35H,4,8,18-20H2,1-2H3/b16-7-/t24-,25+,26-,27?,31+,32+/m1/s1. The number of methoxy groups -OCH3 is 1. The van der Waals surface area contributed by atoms with E-state index in [1.54, 1.807) is 49.3 Å². The van der Waals surface area contributed by atoms with Crippen LogP contribution in [0.25, 0.3) is 0 Å². The zero-order valence-electron chi connectivity index (χ0n) is 23.1. The van der Waals surface area contributed by atoms with Crippen molar-refractivity contribution in [1.82, 2.24) is 4.90 Å². The van der Waals surface area contributed by atoms with Gasteiger partial charge in [-0.1, -0.05) is 54.6 Å². The molecule has 2 saturated heterocycles. The molecule has 0 bridgehead atoms. The van der Waals surface area contributed by atoms with Gasteiger partial charge in [-0.3, -0.25) is 14.4 Å². The number of benzene rings is 2. The van der Waals surface area contributed by atoms with Gasteiger partial charge in [0, 0.05) is 12.2 Å². The van der Waals surface area contributed by atoms with Gasteiger partial charge >= 0.3 is 5.97 Å². The maximum absolute atomic E-state index is 14.7. The van der Waals surface area contributed by atoms with E-state index < -0.39 is 53.6 Å². The third-order valence-electron chi connectivity index (χ3n) is 8.77. The summed E-state index contributed by atoms with van der Waals surface area (Å²) in [5.74, 6) is -2.66. The Bertz CT molecular complexity index is 1390. The molecule has 6 atom stereocenters. The van der Waals surface area contributed by atoms with Crippen LogP contribution in [0.4, 0.5) is 5.69 Å². The summed E-state index contributed by atoms with van der Waals surface area (Å²) >= 11 is 0. The highest BCUT2D eigenvalue weighted by molar-refractivity contribution is 6.05. The molecule has 4 heterocycles. The van der Waals surface area contributed by atoms with E-state index in [2.05, 4.69) is 0 Å². The number of likely N-dealkylation sites (tertiary alicyclic amines) is 1. The first-order valence-electron chi connectivity index (χ1n) is 14.0. The van der Waals surface area contributed by atoms with Gasteiger partial charge in [-0.05, 0) is 49.6 Å². The second-order valence-corrected chi connectivity index (χ2v) is 11.1. The summed E-state index contributed by atoms with van der Waals surface area (Å²) in [6.07, 6.45) is 8.77. The van der Waals surface area contributed by atoms with Gasteiger partial charge in [-0.15, -0.1) is 0 Å². The fourth-order valence-corrected chi connectivity index (χ4v) is 6.93. The van der Waals surface area contributed by atoms with Crippen LogP contribution in [0.2, 0.25) is 0 Å². The van der Waals surface area contributed by atoms with E-state index in [9.17, 15) is 19.5 Å². The van der Waals surface area contributed by atoms with Crippen LogP contribution in [0.3, 0.4) is 0 Å². The Kier molecular flexibility index (Phi) is 6.95. The molecule has 2 amide bonds. The predicted octanol–water partition coefficient (Wildman–Crippen LogP) is 3.20. The number of amides is 2. The number of hydrogen-bond acceptors (Lipinski definition) is 7. The molecule has 0 radical (unpaired) electrons. The third-order valence-corrected chi connectivity index (χ3v) is 8.77. The largest absolute Gasteiger partial charge is 0.497 e. The van der Waals surface area contributed by atoms with Crippen molar-refractivity contribution in [2.75, 3.05) is 31.8 Å². The van der Waals surface area contributed by atoms with E-state index in [0.717, 1.165) is 0 Å². The Morgan fingerprint density at radius 2 is 1.76 bits per heavy atom. The molecule has 1 spiro atoms. The second-order valence-electron chi connectivity index (χ2n) is 11.1. The number of rotatable bonds is 5. The molecule has 2 fully saturated rings. The molecule has 0 saturated carbocycles. The molecule has 1 unspecified atom stereocenters. The Morgan fingerprint density at radius 1 is 1.00 bits per heavy atom. The summed E-state index contributed by atoms with van der Waals surface area (Å²) < 4.78 is 17.8. The number of carbonyl (C=O) groups is 3. The summed E-state index contributed by atoms with van der Waals surface area (Å²) in [6.45, 7) is 1.84. The second kappa shape index (κ2) is 10.5. The number of fused-ring (bicyclic) bond motifs is 2. The number of aliphatic hydroxyl groups excluding tert-OH is 1. The highest BCUT2D eigenvalue weighted by Gasteiger charge is 2.75. The molecule has 4 aliphatic heterocycles. The Hall–Kier alpha value is -3.95. The lowest BCUT2D eigenvalue weighted by molar-refractivity contribution is -0.159. The Balaban J connectivity index is 1.52. The van der Waals surface area contributed by atoms with Crippen molar-refractivity contribution in [3.05, 3.63) is 84.5 Å². The van der Waals surface area contributed by atoms with Gasteiger partial charge in [-0.2, -0.15) is 0 Å². The lowest BCUT2D eigenvalue weighted by atomic mass is 9.74. The van der Waals surface area contributed by atoms with Gasteiger partial charge in [0.25, 0.3) is 5.91 Å². The minimum atomic E-state index is -1.46. The maximum atomic E-state index is 14.7. The number of hydrogen-bond donors (Lipinski definition) is 1. The van der Waals surface area contributed by atoms with Crippen LogP contribution < -0.4 is 9.64 Å². The number of aliphatic hydroxyl groups is 1. The fourth-order valence-electron chi connectivity index (χ4n) is 6.93. The number of esters is 1. The van der Waals surface area contributed by atoms with Crippen LogP contribution in [0.5, 0.6) is 5.75 Å². The predicted molar refractivity (Wildman–Crippen MR) is 150 cm³/mol. The van der Waals surface area contributed by atoms with Crippen LogP contribution in [-0.4, -0.2) is 71.9 Å². The fraction of sp³-hybridized carbons (Fsp3) is 0.406. The van der Waals surface area contributed by atoms with E-state index in [0.29, 0.717) is 29.8 Å². The van der Waals surface area contributed by atoms with Crippen LogP contribution in [0.1, 0.15) is 31.4 Å². The average Bonchev–Trinajstić information content (AvgIpc) is 3.33. The first-order chi connectivity index (χ1) is 19.8. The van der Waals surface area contributed by atoms with Crippen molar-refractivity contribution in [3.63, 3.8) is 0 Å². The highest BCUT2D eigenvalue weighted by atomic mass is 16.6. The van der Waals surface area contributed by atoms with Gasteiger partial charge in [0.05, 0.1) is 37.9 Å². The first kappa shape index (κ1) is 27.2. The van der Waals surface area contributed by atoms with E-state index in [1.165, 1.54) is 4.90 Å². The van der Waals surface area contributed by atoms with E-state index in [-0.39, 0.29) is 19.1 Å². The summed E-state index contributed by atoms with van der Waals surface area (Å²) in [7, 11) is 1.57. The van der Waals surface area contributed by atoms with Gasteiger partial charge in [-0.25, -0.2) is 0 Å². The molecule has 4 aliphatic rings. The Labute approximate surface area is 239 Å². The maximum Gasteiger partial charge on any atom is 0.313 e. The number of ether oxygens (including phenoxy) is 3. The monoisotopic (exact) mass is 558 g/mol. The van der Waals surface area contributed by atoms with E-state index >= 15 is 0 Å². The minimum absolute atomic E-state index is 0.234. The minimum Gasteiger partial charge on any atom is -0.497 e. The van der Waals surface area contributed by atoms with Gasteiger partial charge in [0.2, 0.25) is 5.91 Å². The molecule has 0 aliphatic carbocycles. The molecule has 2 aromatic rings. The van der Waals surface area contributed by atoms with Gasteiger partial charge < -0.3 is 29.1 Å². The number of cyclic esters (lactones) is 1. The number of nitrogens with zero attached hydrogens (tertiary/aromatic N) is 2. The normalized spacial score (nSPS) is 32.6. The lowest BCUT2D eigenvalue weighted by Gasteiger charge is -2.40. The first-order valence-corrected chi connectivity index (χ1v) is 14.0. The van der Waals surface area contributed by atoms with Crippen molar-refractivity contribution < 1.29 is 33.7 Å². The van der Waals surface area contributed by atoms with Crippen molar-refractivity contribution in [1.29, 1.82) is 0 Å². The van der Waals surface area contributed by atoms with E-state index in [4.69, 9.17) is 14.2 Å². The topological polar surface area (TPSA) is 106 Å². The SMILES string of the molecule is COc1ccc(N2CC=C[C@]34O[C@@]5(C)/C=C\CCCOC(=O)[C@H]5[C@H]3C(=O)N([C@H](CO)c3ccccc3)C4C2=O)cc1. The molecule has 214 valence electrons. The molecule has 9 nitrogen and oxygen atoms in total. The molecule has 9 heteroatoms. The summed E-state index contributed by atoms with van der Waals surface area (Å²) in [5, 5.41) is 10.7. The molecule has 41 heavy (non-hydrogen) atoms. The Morgan fingerprint density at radius 3 is 2.46 bits per heavy atom. The zero-order valence-corrected chi connectivity index (χ0v) is 23.1. The highest BCUT2D eigenvalue weighted by Crippen LogP contribution is 2.58. The summed E-state index contributed by atoms with van der Waals surface area (Å²) in [5.41, 5.74) is -1.33. The van der Waals surface area contributed by atoms with Gasteiger partial charge in [0.1, 0.15) is 23.3 Å². The average molecular weight is 559 g/mol. The quantitative estimate of drug-likeness (QED) is 0.444. The number of carbonyl (C=O) groups excluding carboxylic acids is 3. The molecule has 1 N–H and O–H groups in total. The van der Waals surface area contributed by atoms with Crippen molar-refractivity contribution in [2.45, 2.75) is 43.1 Å². The number of allylic oxidation sites excluding steroid dienone is 1. The molecular weight excluding hydrogens is 524 g/mol. The molecule has 2 aromatic carbocycles. The van der Waals surface area contributed by atoms with Crippen LogP contribution in [0, 0.1) is 11.8 Å². The lowest BCUT2D eigenvalue weighted by Crippen LogP contribution is -2.57. The molecular formula is C32H34N2O7. The van der Waals surface area contributed by atoms with Crippen LogP contribution in [-0.2, 0) is 23.9 Å².